The lowest BCUT2D eigenvalue weighted by Crippen LogP contribution is -2.57. The zero-order valence-electron chi connectivity index (χ0n) is 12.6. The Labute approximate surface area is 124 Å². The molecule has 7 nitrogen and oxygen atoms in total. The third-order valence-electron chi connectivity index (χ3n) is 3.34. The SMILES string of the molecule is Cc1ccnc(N[C@H]2CO[C@H](COC(C)C)[C@H](O)[C@@H]2O)n1. The van der Waals surface area contributed by atoms with Crippen molar-refractivity contribution in [1.82, 2.24) is 9.97 Å². The summed E-state index contributed by atoms with van der Waals surface area (Å²) >= 11 is 0. The first-order valence-electron chi connectivity index (χ1n) is 7.13. The van der Waals surface area contributed by atoms with Crippen LogP contribution in [0.5, 0.6) is 0 Å². The van der Waals surface area contributed by atoms with Gasteiger partial charge in [0.05, 0.1) is 25.4 Å². The summed E-state index contributed by atoms with van der Waals surface area (Å²) in [6.07, 6.45) is -0.826. The predicted molar refractivity (Wildman–Crippen MR) is 77.0 cm³/mol. The quantitative estimate of drug-likeness (QED) is 0.710. The number of rotatable bonds is 5. The monoisotopic (exact) mass is 297 g/mol. The van der Waals surface area contributed by atoms with Gasteiger partial charge in [0.25, 0.3) is 0 Å². The van der Waals surface area contributed by atoms with Crippen LogP contribution < -0.4 is 5.32 Å². The maximum atomic E-state index is 10.2. The predicted octanol–water partition coefficient (Wildman–Crippen LogP) is 0.111. The van der Waals surface area contributed by atoms with Gasteiger partial charge in [-0.25, -0.2) is 9.97 Å². The maximum Gasteiger partial charge on any atom is 0.223 e. The zero-order valence-corrected chi connectivity index (χ0v) is 12.6. The minimum atomic E-state index is -1.01. The van der Waals surface area contributed by atoms with Gasteiger partial charge in [0.1, 0.15) is 18.3 Å². The Balaban J connectivity index is 1.93. The van der Waals surface area contributed by atoms with Crippen molar-refractivity contribution in [3.63, 3.8) is 0 Å². The van der Waals surface area contributed by atoms with Crippen LogP contribution in [-0.4, -0.2) is 63.9 Å². The molecule has 0 aliphatic carbocycles. The van der Waals surface area contributed by atoms with Crippen molar-refractivity contribution in [3.05, 3.63) is 18.0 Å². The Hall–Kier alpha value is -1.28. The van der Waals surface area contributed by atoms with Crippen LogP contribution in [-0.2, 0) is 9.47 Å². The van der Waals surface area contributed by atoms with Crippen LogP contribution in [0, 0.1) is 6.92 Å². The average Bonchev–Trinajstić information content (AvgIpc) is 2.43. The molecule has 2 heterocycles. The summed E-state index contributed by atoms with van der Waals surface area (Å²) < 4.78 is 11.0. The molecule has 0 spiro atoms. The molecule has 1 aliphatic heterocycles. The van der Waals surface area contributed by atoms with Gasteiger partial charge >= 0.3 is 0 Å². The average molecular weight is 297 g/mol. The topological polar surface area (TPSA) is 96.7 Å². The molecule has 0 bridgehead atoms. The van der Waals surface area contributed by atoms with E-state index in [9.17, 15) is 10.2 Å². The second-order valence-electron chi connectivity index (χ2n) is 5.51. The third kappa shape index (κ3) is 4.34. The van der Waals surface area contributed by atoms with Crippen LogP contribution in [0.4, 0.5) is 5.95 Å². The first-order chi connectivity index (χ1) is 9.97. The van der Waals surface area contributed by atoms with E-state index in [1.54, 1.807) is 12.3 Å². The van der Waals surface area contributed by atoms with Gasteiger partial charge in [-0.15, -0.1) is 0 Å². The minimum Gasteiger partial charge on any atom is -0.388 e. The van der Waals surface area contributed by atoms with E-state index in [1.807, 2.05) is 20.8 Å². The highest BCUT2D eigenvalue weighted by molar-refractivity contribution is 5.27. The molecule has 0 amide bonds. The molecule has 7 heteroatoms. The Morgan fingerprint density at radius 3 is 2.86 bits per heavy atom. The summed E-state index contributed by atoms with van der Waals surface area (Å²) in [5.41, 5.74) is 0.822. The fourth-order valence-corrected chi connectivity index (χ4v) is 2.13. The van der Waals surface area contributed by atoms with E-state index >= 15 is 0 Å². The molecule has 0 radical (unpaired) electrons. The number of aryl methyl sites for hydroxylation is 1. The molecule has 0 aromatic carbocycles. The summed E-state index contributed by atoms with van der Waals surface area (Å²) in [4.78, 5) is 8.29. The van der Waals surface area contributed by atoms with E-state index < -0.39 is 24.4 Å². The Morgan fingerprint density at radius 1 is 1.43 bits per heavy atom. The first kappa shape index (κ1) is 16.1. The van der Waals surface area contributed by atoms with Crippen LogP contribution in [0.15, 0.2) is 12.3 Å². The third-order valence-corrected chi connectivity index (χ3v) is 3.34. The van der Waals surface area contributed by atoms with Gasteiger partial charge in [0.2, 0.25) is 5.95 Å². The molecule has 0 unspecified atom stereocenters. The molecule has 4 atom stereocenters. The molecule has 1 fully saturated rings. The summed E-state index contributed by atoms with van der Waals surface area (Å²) in [5, 5.41) is 23.3. The van der Waals surface area contributed by atoms with Crippen LogP contribution in [0.2, 0.25) is 0 Å². The lowest BCUT2D eigenvalue weighted by atomic mass is 9.98. The van der Waals surface area contributed by atoms with E-state index in [0.29, 0.717) is 5.95 Å². The number of anilines is 1. The second kappa shape index (κ2) is 7.13. The number of nitrogens with one attached hydrogen (secondary N) is 1. The minimum absolute atomic E-state index is 0.0504. The highest BCUT2D eigenvalue weighted by Gasteiger charge is 2.38. The van der Waals surface area contributed by atoms with Crippen molar-refractivity contribution in [3.8, 4) is 0 Å². The second-order valence-corrected chi connectivity index (χ2v) is 5.51. The Morgan fingerprint density at radius 2 is 2.19 bits per heavy atom. The molecule has 1 saturated heterocycles. The Bertz CT molecular complexity index is 458. The van der Waals surface area contributed by atoms with Gasteiger partial charge < -0.3 is 25.0 Å². The summed E-state index contributed by atoms with van der Waals surface area (Å²) in [6, 6.07) is 1.32. The molecular weight excluding hydrogens is 274 g/mol. The first-order valence-corrected chi connectivity index (χ1v) is 7.13. The molecule has 1 aromatic heterocycles. The maximum absolute atomic E-state index is 10.2. The number of hydrogen-bond donors (Lipinski definition) is 3. The lowest BCUT2D eigenvalue weighted by molar-refractivity contribution is -0.163. The molecule has 21 heavy (non-hydrogen) atoms. The van der Waals surface area contributed by atoms with Gasteiger partial charge in [-0.2, -0.15) is 0 Å². The number of hydrogen-bond acceptors (Lipinski definition) is 7. The van der Waals surface area contributed by atoms with E-state index in [0.717, 1.165) is 5.69 Å². The van der Waals surface area contributed by atoms with E-state index in [-0.39, 0.29) is 19.3 Å². The highest BCUT2D eigenvalue weighted by Crippen LogP contribution is 2.18. The molecule has 3 N–H and O–H groups in total. The summed E-state index contributed by atoms with van der Waals surface area (Å²) in [7, 11) is 0. The van der Waals surface area contributed by atoms with Crippen molar-refractivity contribution in [2.45, 2.75) is 51.2 Å². The summed E-state index contributed by atoms with van der Waals surface area (Å²) in [5.74, 6) is 0.409. The van der Waals surface area contributed by atoms with Crippen LogP contribution in [0.25, 0.3) is 0 Å². The van der Waals surface area contributed by atoms with E-state index in [2.05, 4.69) is 15.3 Å². The molecule has 118 valence electrons. The highest BCUT2D eigenvalue weighted by atomic mass is 16.5. The van der Waals surface area contributed by atoms with Crippen molar-refractivity contribution < 1.29 is 19.7 Å². The number of ether oxygens (including phenoxy) is 2. The normalized spacial score (nSPS) is 29.6. The van der Waals surface area contributed by atoms with Gasteiger partial charge in [-0.05, 0) is 26.8 Å². The van der Waals surface area contributed by atoms with E-state index in [1.165, 1.54) is 0 Å². The smallest absolute Gasteiger partial charge is 0.223 e. The summed E-state index contributed by atoms with van der Waals surface area (Å²) in [6.45, 7) is 6.18. The number of aliphatic hydroxyl groups excluding tert-OH is 2. The zero-order chi connectivity index (χ0) is 15.4. The van der Waals surface area contributed by atoms with Crippen LogP contribution in [0.1, 0.15) is 19.5 Å². The standard InChI is InChI=1S/C14H23N3O4/c1-8(2)20-7-11-13(19)12(18)10(6-21-11)17-14-15-5-4-9(3)16-14/h4-5,8,10-13,18-19H,6-7H2,1-3H3,(H,15,16,17)/t10-,11+,12+,13-/m0/s1. The van der Waals surface area contributed by atoms with Crippen molar-refractivity contribution in [2.75, 3.05) is 18.5 Å². The van der Waals surface area contributed by atoms with Crippen molar-refractivity contribution in [2.24, 2.45) is 0 Å². The van der Waals surface area contributed by atoms with E-state index in [4.69, 9.17) is 9.47 Å². The van der Waals surface area contributed by atoms with Crippen LogP contribution >= 0.6 is 0 Å². The Kier molecular flexibility index (Phi) is 5.46. The molecule has 0 saturated carbocycles. The number of aliphatic hydroxyl groups is 2. The van der Waals surface area contributed by atoms with Crippen LogP contribution in [0.3, 0.4) is 0 Å². The largest absolute Gasteiger partial charge is 0.388 e. The lowest BCUT2D eigenvalue weighted by Gasteiger charge is -2.38. The molecular formula is C14H23N3O4. The van der Waals surface area contributed by atoms with Gasteiger partial charge in [0.15, 0.2) is 0 Å². The molecule has 1 aliphatic rings. The van der Waals surface area contributed by atoms with Gasteiger partial charge in [-0.1, -0.05) is 0 Å². The van der Waals surface area contributed by atoms with Gasteiger partial charge in [0, 0.05) is 11.9 Å². The van der Waals surface area contributed by atoms with Gasteiger partial charge in [-0.3, -0.25) is 0 Å². The fraction of sp³-hybridized carbons (Fsp3) is 0.714. The number of aromatic nitrogens is 2. The molecule has 1 aromatic rings. The van der Waals surface area contributed by atoms with Crippen molar-refractivity contribution in [1.29, 1.82) is 0 Å². The number of nitrogens with zero attached hydrogens (tertiary/aromatic N) is 2. The van der Waals surface area contributed by atoms with Crippen molar-refractivity contribution >= 4 is 5.95 Å². The fourth-order valence-electron chi connectivity index (χ4n) is 2.13. The molecule has 2 rings (SSSR count).